The summed E-state index contributed by atoms with van der Waals surface area (Å²) in [4.78, 5) is 0. The minimum absolute atomic E-state index is 0.0378. The third kappa shape index (κ3) is 3.46. The van der Waals surface area contributed by atoms with E-state index in [4.69, 9.17) is 4.74 Å². The standard InChI is InChI=1S/C17H19FO/c18-16-5-1-3-13(11-16)12-19-17-6-2-4-14(9-10-17)15-7-8-15/h3-4,6,9-11,15H,1-2,5,7-8,12H2. The summed E-state index contributed by atoms with van der Waals surface area (Å²) in [6.45, 7) is 0.461. The van der Waals surface area contributed by atoms with Crippen LogP contribution in [0.25, 0.3) is 0 Å². The van der Waals surface area contributed by atoms with E-state index >= 15 is 0 Å². The summed E-state index contributed by atoms with van der Waals surface area (Å²) < 4.78 is 18.9. The zero-order chi connectivity index (χ0) is 13.1. The molecule has 1 nitrogen and oxygen atoms in total. The van der Waals surface area contributed by atoms with E-state index in [2.05, 4.69) is 24.3 Å². The Kier molecular flexibility index (Phi) is 3.67. The molecule has 0 aromatic rings. The summed E-state index contributed by atoms with van der Waals surface area (Å²) in [6, 6.07) is 0. The second-order valence-electron chi connectivity index (χ2n) is 5.35. The molecule has 0 atom stereocenters. The molecular weight excluding hydrogens is 239 g/mol. The first-order chi connectivity index (χ1) is 9.31. The molecule has 0 unspecified atom stereocenters. The van der Waals surface area contributed by atoms with Gasteiger partial charge in [0.2, 0.25) is 0 Å². The van der Waals surface area contributed by atoms with Crippen molar-refractivity contribution in [2.45, 2.75) is 32.1 Å². The Balaban J connectivity index is 1.55. The summed E-state index contributed by atoms with van der Waals surface area (Å²) in [5, 5.41) is 0. The highest BCUT2D eigenvalue weighted by Crippen LogP contribution is 2.38. The monoisotopic (exact) mass is 258 g/mol. The molecular formula is C17H19FO. The number of hydrogen-bond acceptors (Lipinski definition) is 1. The number of hydrogen-bond donors (Lipinski definition) is 0. The average molecular weight is 258 g/mol. The third-order valence-electron chi connectivity index (χ3n) is 3.70. The van der Waals surface area contributed by atoms with Crippen LogP contribution in [0.15, 0.2) is 59.2 Å². The van der Waals surface area contributed by atoms with E-state index < -0.39 is 0 Å². The molecule has 0 bridgehead atoms. The zero-order valence-electron chi connectivity index (χ0n) is 11.1. The Morgan fingerprint density at radius 2 is 2.05 bits per heavy atom. The van der Waals surface area contributed by atoms with Crippen LogP contribution in [-0.4, -0.2) is 6.61 Å². The van der Waals surface area contributed by atoms with Crippen molar-refractivity contribution < 1.29 is 9.13 Å². The lowest BCUT2D eigenvalue weighted by molar-refractivity contribution is 0.253. The van der Waals surface area contributed by atoms with Gasteiger partial charge >= 0.3 is 0 Å². The van der Waals surface area contributed by atoms with E-state index in [0.29, 0.717) is 13.0 Å². The lowest BCUT2D eigenvalue weighted by Gasteiger charge is -2.11. The van der Waals surface area contributed by atoms with Gasteiger partial charge < -0.3 is 4.74 Å². The molecule has 0 aromatic heterocycles. The highest BCUT2D eigenvalue weighted by Gasteiger charge is 2.24. The number of allylic oxidation sites excluding steroid dienone is 7. The summed E-state index contributed by atoms with van der Waals surface area (Å²) >= 11 is 0. The van der Waals surface area contributed by atoms with E-state index in [0.717, 1.165) is 30.1 Å². The van der Waals surface area contributed by atoms with Gasteiger partial charge in [-0.3, -0.25) is 0 Å². The smallest absolute Gasteiger partial charge is 0.116 e. The number of rotatable bonds is 4. The zero-order valence-corrected chi connectivity index (χ0v) is 11.1. The molecule has 3 aliphatic carbocycles. The van der Waals surface area contributed by atoms with Crippen molar-refractivity contribution in [3.05, 3.63) is 59.2 Å². The molecule has 0 aliphatic heterocycles. The quantitative estimate of drug-likeness (QED) is 0.706. The SMILES string of the molecule is FC1=CC(COC2=CCC=C(C3CC3)C=C2)=CCC1. The maximum Gasteiger partial charge on any atom is 0.116 e. The van der Waals surface area contributed by atoms with E-state index in [1.54, 1.807) is 6.08 Å². The lowest BCUT2D eigenvalue weighted by Crippen LogP contribution is -1.99. The van der Waals surface area contributed by atoms with Gasteiger partial charge in [0.05, 0.1) is 0 Å². The molecule has 2 heteroatoms. The average Bonchev–Trinajstić information content (AvgIpc) is 3.23. The number of ether oxygens (including phenoxy) is 1. The van der Waals surface area contributed by atoms with Crippen LogP contribution in [0.2, 0.25) is 0 Å². The molecule has 0 amide bonds. The summed E-state index contributed by atoms with van der Waals surface area (Å²) in [7, 11) is 0. The van der Waals surface area contributed by atoms with Crippen LogP contribution in [0.5, 0.6) is 0 Å². The van der Waals surface area contributed by atoms with Crippen molar-refractivity contribution in [2.75, 3.05) is 6.61 Å². The van der Waals surface area contributed by atoms with Crippen LogP contribution < -0.4 is 0 Å². The second kappa shape index (κ2) is 5.60. The summed E-state index contributed by atoms with van der Waals surface area (Å²) in [6.07, 6.45) is 17.1. The first kappa shape index (κ1) is 12.5. The highest BCUT2D eigenvalue weighted by molar-refractivity contribution is 5.33. The van der Waals surface area contributed by atoms with Crippen molar-refractivity contribution in [3.63, 3.8) is 0 Å². The fourth-order valence-electron chi connectivity index (χ4n) is 2.45. The van der Waals surface area contributed by atoms with Crippen LogP contribution >= 0.6 is 0 Å². The highest BCUT2D eigenvalue weighted by atomic mass is 19.1. The first-order valence-electron chi connectivity index (χ1n) is 7.07. The number of halogens is 1. The molecule has 19 heavy (non-hydrogen) atoms. The third-order valence-corrected chi connectivity index (χ3v) is 3.70. The van der Waals surface area contributed by atoms with E-state index in [-0.39, 0.29) is 5.83 Å². The fraction of sp³-hybridized carbons (Fsp3) is 0.412. The Hall–Kier alpha value is -1.57. The maximum atomic E-state index is 13.1. The van der Waals surface area contributed by atoms with Gasteiger partial charge in [-0.2, -0.15) is 0 Å². The predicted molar refractivity (Wildman–Crippen MR) is 75.1 cm³/mol. The fourth-order valence-corrected chi connectivity index (χ4v) is 2.45. The largest absolute Gasteiger partial charge is 0.489 e. The van der Waals surface area contributed by atoms with Crippen LogP contribution in [-0.2, 0) is 4.74 Å². The minimum atomic E-state index is -0.0378. The molecule has 1 saturated carbocycles. The van der Waals surface area contributed by atoms with Gasteiger partial charge in [0.15, 0.2) is 0 Å². The normalized spacial score (nSPS) is 23.0. The molecule has 0 aromatic carbocycles. The molecule has 0 radical (unpaired) electrons. The second-order valence-corrected chi connectivity index (χ2v) is 5.35. The topological polar surface area (TPSA) is 9.23 Å². The Morgan fingerprint density at radius 3 is 2.84 bits per heavy atom. The summed E-state index contributed by atoms with van der Waals surface area (Å²) in [5.74, 6) is 1.64. The molecule has 3 rings (SSSR count). The Labute approximate surface area is 113 Å². The first-order valence-corrected chi connectivity index (χ1v) is 7.07. The van der Waals surface area contributed by atoms with Crippen molar-refractivity contribution in [1.29, 1.82) is 0 Å². The van der Waals surface area contributed by atoms with Gasteiger partial charge in [-0.1, -0.05) is 18.2 Å². The summed E-state index contributed by atoms with van der Waals surface area (Å²) in [5.41, 5.74) is 2.38. The minimum Gasteiger partial charge on any atom is -0.489 e. The van der Waals surface area contributed by atoms with Gasteiger partial charge in [0.1, 0.15) is 18.2 Å². The van der Waals surface area contributed by atoms with Crippen LogP contribution in [0.3, 0.4) is 0 Å². The Bertz CT molecular complexity index is 501. The molecule has 0 N–H and O–H groups in total. The Morgan fingerprint density at radius 1 is 1.16 bits per heavy atom. The molecule has 0 spiro atoms. The van der Waals surface area contributed by atoms with Gasteiger partial charge in [0.25, 0.3) is 0 Å². The van der Waals surface area contributed by atoms with E-state index in [1.807, 2.05) is 6.08 Å². The van der Waals surface area contributed by atoms with Crippen LogP contribution in [0, 0.1) is 5.92 Å². The van der Waals surface area contributed by atoms with Crippen LogP contribution in [0.1, 0.15) is 32.1 Å². The van der Waals surface area contributed by atoms with E-state index in [9.17, 15) is 4.39 Å². The molecule has 0 heterocycles. The lowest BCUT2D eigenvalue weighted by atomic mass is 10.1. The van der Waals surface area contributed by atoms with E-state index in [1.165, 1.54) is 18.4 Å². The van der Waals surface area contributed by atoms with Gasteiger partial charge in [-0.05, 0) is 61.0 Å². The molecule has 3 aliphatic rings. The molecule has 100 valence electrons. The van der Waals surface area contributed by atoms with Gasteiger partial charge in [-0.15, -0.1) is 0 Å². The van der Waals surface area contributed by atoms with Crippen molar-refractivity contribution >= 4 is 0 Å². The molecule has 1 fully saturated rings. The van der Waals surface area contributed by atoms with Gasteiger partial charge in [0, 0.05) is 6.42 Å². The van der Waals surface area contributed by atoms with Gasteiger partial charge in [-0.25, -0.2) is 4.39 Å². The molecule has 0 saturated heterocycles. The maximum absolute atomic E-state index is 13.1. The predicted octanol–water partition coefficient (Wildman–Crippen LogP) is 4.76. The van der Waals surface area contributed by atoms with Crippen molar-refractivity contribution in [1.82, 2.24) is 0 Å². The van der Waals surface area contributed by atoms with Crippen molar-refractivity contribution in [3.8, 4) is 0 Å². The van der Waals surface area contributed by atoms with Crippen molar-refractivity contribution in [2.24, 2.45) is 5.92 Å². The van der Waals surface area contributed by atoms with Crippen LogP contribution in [0.4, 0.5) is 4.39 Å².